The number of carbonyl (C=O) groups excluding carboxylic acids is 2. The van der Waals surface area contributed by atoms with Crippen LogP contribution in [0.15, 0.2) is 24.3 Å². The molecule has 2 fully saturated rings. The van der Waals surface area contributed by atoms with E-state index in [1.807, 2.05) is 18.7 Å². The molecule has 0 aromatic heterocycles. The molecular formula is C22H34ClN3O2. The highest BCUT2D eigenvalue weighted by atomic mass is 35.5. The normalized spacial score (nSPS) is 20.8. The second-order valence-corrected chi connectivity index (χ2v) is 8.10. The largest absolute Gasteiger partial charge is 0.342 e. The van der Waals surface area contributed by atoms with Crippen LogP contribution in [0.5, 0.6) is 0 Å². The van der Waals surface area contributed by atoms with Crippen molar-refractivity contribution in [3.05, 3.63) is 35.4 Å². The van der Waals surface area contributed by atoms with Gasteiger partial charge in [-0.3, -0.25) is 9.59 Å². The summed E-state index contributed by atoms with van der Waals surface area (Å²) in [6.07, 6.45) is 2.59. The molecule has 2 amide bonds. The zero-order valence-electron chi connectivity index (χ0n) is 17.3. The minimum absolute atomic E-state index is 0. The zero-order chi connectivity index (χ0) is 19.4. The molecule has 2 heterocycles. The van der Waals surface area contributed by atoms with Crippen LogP contribution in [0.4, 0.5) is 0 Å². The number of amides is 2. The van der Waals surface area contributed by atoms with Crippen molar-refractivity contribution < 1.29 is 9.59 Å². The lowest BCUT2D eigenvalue weighted by atomic mass is 9.92. The molecule has 0 spiro atoms. The summed E-state index contributed by atoms with van der Waals surface area (Å²) in [5.74, 6) is 0.535. The Bertz CT molecular complexity index is 654. The number of nitrogens with zero attached hydrogens (tertiary/aromatic N) is 2. The van der Waals surface area contributed by atoms with Crippen molar-refractivity contribution in [1.29, 1.82) is 0 Å². The average Bonchev–Trinajstić information content (AvgIpc) is 2.73. The smallest absolute Gasteiger partial charge is 0.226 e. The Balaban J connectivity index is 0.00000280. The number of halogens is 1. The monoisotopic (exact) mass is 407 g/mol. The van der Waals surface area contributed by atoms with Gasteiger partial charge in [0.15, 0.2) is 0 Å². The maximum atomic E-state index is 13.3. The third kappa shape index (κ3) is 5.06. The van der Waals surface area contributed by atoms with Gasteiger partial charge in [-0.25, -0.2) is 0 Å². The molecule has 2 aliphatic heterocycles. The highest BCUT2D eigenvalue weighted by Crippen LogP contribution is 2.28. The topological polar surface area (TPSA) is 52.7 Å². The second kappa shape index (κ2) is 10.3. The molecule has 1 aromatic carbocycles. The van der Waals surface area contributed by atoms with Crippen molar-refractivity contribution in [2.75, 3.05) is 32.7 Å². The van der Waals surface area contributed by atoms with Crippen molar-refractivity contribution in [1.82, 2.24) is 15.1 Å². The van der Waals surface area contributed by atoms with Gasteiger partial charge >= 0.3 is 0 Å². The van der Waals surface area contributed by atoms with Gasteiger partial charge in [0.1, 0.15) is 0 Å². The van der Waals surface area contributed by atoms with E-state index < -0.39 is 0 Å². The van der Waals surface area contributed by atoms with E-state index >= 15 is 0 Å². The number of benzene rings is 1. The summed E-state index contributed by atoms with van der Waals surface area (Å²) < 4.78 is 0. The number of carbonyl (C=O) groups is 2. The fourth-order valence-corrected chi connectivity index (χ4v) is 4.19. The van der Waals surface area contributed by atoms with Crippen LogP contribution in [-0.2, 0) is 16.0 Å². The van der Waals surface area contributed by atoms with Crippen LogP contribution in [0.25, 0.3) is 0 Å². The summed E-state index contributed by atoms with van der Waals surface area (Å²) >= 11 is 0. The molecule has 3 rings (SSSR count). The number of hydrogen-bond acceptors (Lipinski definition) is 3. The Morgan fingerprint density at radius 2 is 1.75 bits per heavy atom. The van der Waals surface area contributed by atoms with Crippen LogP contribution in [0.2, 0.25) is 0 Å². The minimum Gasteiger partial charge on any atom is -0.342 e. The standard InChI is InChI=1S/C22H33N3O2.ClH/c1-4-17-5-7-18(8-6-17)20-15-23-11-14-25(20)22(27)19-9-12-24(13-10-19)21(26)16(2)3;/h5-8,16,19-20,23H,4,9-15H2,1-3H3;1H. The van der Waals surface area contributed by atoms with E-state index in [0.717, 1.165) is 38.9 Å². The number of hydrogen-bond donors (Lipinski definition) is 1. The SMILES string of the molecule is CCc1ccc(C2CNCCN2C(=O)C2CCN(C(=O)C(C)C)CC2)cc1.Cl. The number of piperidine rings is 1. The van der Waals surface area contributed by atoms with Gasteiger partial charge in [-0.15, -0.1) is 12.4 Å². The van der Waals surface area contributed by atoms with E-state index in [4.69, 9.17) is 0 Å². The van der Waals surface area contributed by atoms with Crippen molar-refractivity contribution in [2.24, 2.45) is 11.8 Å². The molecule has 0 saturated carbocycles. The Kier molecular flexibility index (Phi) is 8.32. The van der Waals surface area contributed by atoms with Crippen LogP contribution in [0.3, 0.4) is 0 Å². The molecule has 0 bridgehead atoms. The first-order valence-electron chi connectivity index (χ1n) is 10.4. The third-order valence-corrected chi connectivity index (χ3v) is 5.95. The number of likely N-dealkylation sites (tertiary alicyclic amines) is 1. The summed E-state index contributed by atoms with van der Waals surface area (Å²) in [6.45, 7) is 9.85. The van der Waals surface area contributed by atoms with Gasteiger partial charge in [-0.1, -0.05) is 45.0 Å². The minimum atomic E-state index is 0. The van der Waals surface area contributed by atoms with Gasteiger partial charge in [0, 0.05) is 44.6 Å². The Morgan fingerprint density at radius 3 is 2.32 bits per heavy atom. The van der Waals surface area contributed by atoms with Crippen LogP contribution in [0, 0.1) is 11.8 Å². The second-order valence-electron chi connectivity index (χ2n) is 8.10. The Morgan fingerprint density at radius 1 is 1.11 bits per heavy atom. The van der Waals surface area contributed by atoms with Crippen LogP contribution in [0.1, 0.15) is 50.8 Å². The van der Waals surface area contributed by atoms with E-state index in [1.165, 1.54) is 11.1 Å². The summed E-state index contributed by atoms with van der Waals surface area (Å²) in [5.41, 5.74) is 2.53. The number of aryl methyl sites for hydroxylation is 1. The third-order valence-electron chi connectivity index (χ3n) is 5.95. The maximum absolute atomic E-state index is 13.3. The summed E-state index contributed by atoms with van der Waals surface area (Å²) in [7, 11) is 0. The number of rotatable bonds is 4. The van der Waals surface area contributed by atoms with Crippen LogP contribution >= 0.6 is 12.4 Å². The predicted octanol–water partition coefficient (Wildman–Crippen LogP) is 3.04. The molecule has 1 N–H and O–H groups in total. The van der Waals surface area contributed by atoms with Crippen LogP contribution in [-0.4, -0.2) is 54.3 Å². The quantitative estimate of drug-likeness (QED) is 0.834. The highest BCUT2D eigenvalue weighted by Gasteiger charge is 2.35. The van der Waals surface area contributed by atoms with Gasteiger partial charge in [0.05, 0.1) is 6.04 Å². The zero-order valence-corrected chi connectivity index (χ0v) is 18.1. The highest BCUT2D eigenvalue weighted by molar-refractivity contribution is 5.85. The summed E-state index contributed by atoms with van der Waals surface area (Å²) in [4.78, 5) is 29.4. The lowest BCUT2D eigenvalue weighted by molar-refractivity contribution is -0.144. The molecule has 1 aromatic rings. The van der Waals surface area contributed by atoms with E-state index in [9.17, 15) is 9.59 Å². The first-order valence-corrected chi connectivity index (χ1v) is 10.4. The van der Waals surface area contributed by atoms with Crippen molar-refractivity contribution in [3.63, 3.8) is 0 Å². The molecule has 6 heteroatoms. The molecule has 156 valence electrons. The van der Waals surface area contributed by atoms with E-state index in [0.29, 0.717) is 13.1 Å². The van der Waals surface area contributed by atoms with Gasteiger partial charge in [-0.05, 0) is 30.4 Å². The van der Waals surface area contributed by atoms with Crippen molar-refractivity contribution in [3.8, 4) is 0 Å². The maximum Gasteiger partial charge on any atom is 0.226 e. The molecule has 2 saturated heterocycles. The molecule has 0 aliphatic carbocycles. The molecule has 1 atom stereocenters. The van der Waals surface area contributed by atoms with Crippen molar-refractivity contribution in [2.45, 2.75) is 46.1 Å². The fraction of sp³-hybridized carbons (Fsp3) is 0.636. The Hall–Kier alpha value is -1.59. The van der Waals surface area contributed by atoms with Crippen molar-refractivity contribution >= 4 is 24.2 Å². The van der Waals surface area contributed by atoms with E-state index in [1.54, 1.807) is 0 Å². The van der Waals surface area contributed by atoms with E-state index in [-0.39, 0.29) is 42.1 Å². The van der Waals surface area contributed by atoms with E-state index in [2.05, 4.69) is 41.4 Å². The molecular weight excluding hydrogens is 374 g/mol. The lowest BCUT2D eigenvalue weighted by Crippen LogP contribution is -2.52. The molecule has 1 unspecified atom stereocenters. The van der Waals surface area contributed by atoms with Gasteiger partial charge in [-0.2, -0.15) is 0 Å². The number of nitrogens with one attached hydrogen (secondary N) is 1. The fourth-order valence-electron chi connectivity index (χ4n) is 4.19. The first-order chi connectivity index (χ1) is 13.0. The number of piperazine rings is 1. The Labute approximate surface area is 175 Å². The average molecular weight is 408 g/mol. The van der Waals surface area contributed by atoms with Crippen LogP contribution < -0.4 is 5.32 Å². The molecule has 5 nitrogen and oxygen atoms in total. The molecule has 2 aliphatic rings. The first kappa shape index (κ1) is 22.7. The molecule has 28 heavy (non-hydrogen) atoms. The predicted molar refractivity (Wildman–Crippen MR) is 115 cm³/mol. The van der Waals surface area contributed by atoms with Gasteiger partial charge in [0.2, 0.25) is 11.8 Å². The summed E-state index contributed by atoms with van der Waals surface area (Å²) in [5, 5.41) is 3.44. The molecule has 0 radical (unpaired) electrons. The summed E-state index contributed by atoms with van der Waals surface area (Å²) in [6, 6.07) is 8.78. The lowest BCUT2D eigenvalue weighted by Gasteiger charge is -2.40. The van der Waals surface area contributed by atoms with Gasteiger partial charge < -0.3 is 15.1 Å². The van der Waals surface area contributed by atoms with Gasteiger partial charge in [0.25, 0.3) is 0 Å².